The van der Waals surface area contributed by atoms with Crippen molar-refractivity contribution in [3.8, 4) is 0 Å². The smallest absolute Gasteiger partial charge is 0.307 e. The lowest BCUT2D eigenvalue weighted by atomic mass is 10.2. The van der Waals surface area contributed by atoms with Crippen molar-refractivity contribution in [3.63, 3.8) is 0 Å². The summed E-state index contributed by atoms with van der Waals surface area (Å²) in [5, 5.41) is 0. The second-order valence-corrected chi connectivity index (χ2v) is 4.45. The van der Waals surface area contributed by atoms with E-state index in [-0.39, 0.29) is 0 Å². The molecule has 0 saturated carbocycles. The Morgan fingerprint density at radius 1 is 1.16 bits per heavy atom. The molecule has 6 heteroatoms. The summed E-state index contributed by atoms with van der Waals surface area (Å²) in [7, 11) is -2.56. The van der Waals surface area contributed by atoms with Gasteiger partial charge in [-0.3, -0.25) is 9.11 Å². The van der Waals surface area contributed by atoms with Crippen LogP contribution in [-0.4, -0.2) is 42.6 Å². The molecular weight excluding hydrogens is 266 g/mol. The van der Waals surface area contributed by atoms with Crippen molar-refractivity contribution >= 4 is 16.5 Å². The average Bonchev–Trinajstić information content (AvgIpc) is 2.37. The second kappa shape index (κ2) is 11.9. The molecule has 0 aliphatic heterocycles. The van der Waals surface area contributed by atoms with Gasteiger partial charge in [-0.15, -0.1) is 0 Å². The van der Waals surface area contributed by atoms with E-state index in [9.17, 15) is 0 Å². The van der Waals surface area contributed by atoms with Crippen molar-refractivity contribution in [2.75, 3.05) is 20.1 Å². The largest absolute Gasteiger partial charge is 0.394 e. The van der Waals surface area contributed by atoms with Gasteiger partial charge in [0.25, 0.3) is 0 Å². The molecule has 19 heavy (non-hydrogen) atoms. The van der Waals surface area contributed by atoms with E-state index in [0.29, 0.717) is 0 Å². The van der Waals surface area contributed by atoms with Crippen LogP contribution in [0.4, 0.5) is 0 Å². The molecule has 2 N–H and O–H groups in total. The van der Waals surface area contributed by atoms with E-state index < -0.39 is 10.4 Å². The monoisotopic (exact) mass is 289 g/mol. The van der Waals surface area contributed by atoms with E-state index in [1.165, 1.54) is 5.56 Å². The van der Waals surface area contributed by atoms with Gasteiger partial charge in [-0.05, 0) is 25.7 Å². The minimum Gasteiger partial charge on any atom is -0.307 e. The Hall–Kier alpha value is -1.21. The summed E-state index contributed by atoms with van der Waals surface area (Å²) >= 11 is 0. The van der Waals surface area contributed by atoms with Crippen LogP contribution in [0.15, 0.2) is 36.9 Å². The van der Waals surface area contributed by atoms with Gasteiger partial charge < -0.3 is 4.90 Å². The van der Waals surface area contributed by atoms with Gasteiger partial charge in [0.2, 0.25) is 0 Å². The minimum atomic E-state index is -4.67. The predicted molar refractivity (Wildman–Crippen MR) is 79.6 cm³/mol. The maximum Gasteiger partial charge on any atom is 0.394 e. The van der Waals surface area contributed by atoms with Gasteiger partial charge in [-0.1, -0.05) is 56.8 Å². The molecule has 0 bridgehead atoms. The molecule has 0 spiro atoms. The molecule has 0 heterocycles. The summed E-state index contributed by atoms with van der Waals surface area (Å²) in [4.78, 5) is 2.25. The SMILES string of the molecule is C=Cc1ccccc1.CCN(C)CC.O=S(=O)(O)O. The maximum absolute atomic E-state index is 8.74. The molecule has 1 aromatic rings. The van der Waals surface area contributed by atoms with E-state index in [0.717, 1.165) is 13.1 Å². The number of hydrogen-bond acceptors (Lipinski definition) is 3. The van der Waals surface area contributed by atoms with Crippen molar-refractivity contribution in [1.29, 1.82) is 0 Å². The summed E-state index contributed by atoms with van der Waals surface area (Å²) in [5.41, 5.74) is 1.17. The average molecular weight is 289 g/mol. The third-order valence-electron chi connectivity index (χ3n) is 2.11. The van der Waals surface area contributed by atoms with Crippen molar-refractivity contribution in [2.24, 2.45) is 0 Å². The summed E-state index contributed by atoms with van der Waals surface area (Å²) in [5.74, 6) is 0. The molecule has 5 nitrogen and oxygen atoms in total. The zero-order chi connectivity index (χ0) is 15.3. The predicted octanol–water partition coefficient (Wildman–Crippen LogP) is 2.63. The van der Waals surface area contributed by atoms with Crippen LogP contribution in [0.3, 0.4) is 0 Å². The number of benzene rings is 1. The first-order valence-electron chi connectivity index (χ1n) is 5.80. The quantitative estimate of drug-likeness (QED) is 0.836. The molecule has 1 aromatic carbocycles. The zero-order valence-electron chi connectivity index (χ0n) is 11.7. The fraction of sp³-hybridized carbons (Fsp3) is 0.385. The van der Waals surface area contributed by atoms with Crippen LogP contribution in [0.25, 0.3) is 6.08 Å². The fourth-order valence-electron chi connectivity index (χ4n) is 0.813. The maximum atomic E-state index is 8.74. The molecule has 0 saturated heterocycles. The molecule has 0 atom stereocenters. The van der Waals surface area contributed by atoms with Crippen LogP contribution >= 0.6 is 0 Å². The van der Waals surface area contributed by atoms with E-state index in [4.69, 9.17) is 17.5 Å². The topological polar surface area (TPSA) is 77.8 Å². The van der Waals surface area contributed by atoms with Crippen LogP contribution in [0.5, 0.6) is 0 Å². The highest BCUT2D eigenvalue weighted by Gasteiger charge is 1.84. The standard InChI is InChI=1S/C8H8.C5H13N.H2O4S/c1-2-8-6-4-3-5-7-8;1-4-6(3)5-2;1-5(2,3)4/h2-7H,1H2;4-5H2,1-3H3;(H2,1,2,3,4). The molecule has 0 unspecified atom stereocenters. The first-order chi connectivity index (χ1) is 8.74. The second-order valence-electron chi connectivity index (χ2n) is 3.55. The summed E-state index contributed by atoms with van der Waals surface area (Å²) in [6.07, 6.45) is 1.83. The molecule has 1 rings (SSSR count). The molecule has 0 radical (unpaired) electrons. The highest BCUT2D eigenvalue weighted by molar-refractivity contribution is 7.79. The first kappa shape index (κ1) is 20.1. The number of rotatable bonds is 3. The fourth-order valence-corrected chi connectivity index (χ4v) is 0.813. The Bertz CT molecular complexity index is 406. The molecule has 0 aliphatic carbocycles. The van der Waals surface area contributed by atoms with Crippen LogP contribution < -0.4 is 0 Å². The lowest BCUT2D eigenvalue weighted by molar-refractivity contribution is 0.373. The van der Waals surface area contributed by atoms with Crippen LogP contribution in [0, 0.1) is 0 Å². The Labute approximate surface area is 116 Å². The highest BCUT2D eigenvalue weighted by Crippen LogP contribution is 1.97. The van der Waals surface area contributed by atoms with Crippen LogP contribution in [0.2, 0.25) is 0 Å². The van der Waals surface area contributed by atoms with E-state index in [1.807, 2.05) is 36.4 Å². The molecule has 0 amide bonds. The van der Waals surface area contributed by atoms with Crippen molar-refractivity contribution < 1.29 is 17.5 Å². The van der Waals surface area contributed by atoms with Gasteiger partial charge in [0.1, 0.15) is 0 Å². The van der Waals surface area contributed by atoms with Crippen molar-refractivity contribution in [2.45, 2.75) is 13.8 Å². The van der Waals surface area contributed by atoms with Gasteiger partial charge in [0, 0.05) is 0 Å². The lowest BCUT2D eigenvalue weighted by Crippen LogP contribution is -2.15. The van der Waals surface area contributed by atoms with E-state index in [2.05, 4.69) is 32.4 Å². The molecular formula is C13H23NO4S. The Kier molecular flexibility index (Phi) is 12.6. The Balaban J connectivity index is 0. The summed E-state index contributed by atoms with van der Waals surface area (Å²) in [6.45, 7) is 10.3. The Morgan fingerprint density at radius 3 is 1.68 bits per heavy atom. The number of nitrogens with zero attached hydrogens (tertiary/aromatic N) is 1. The summed E-state index contributed by atoms with van der Waals surface area (Å²) < 4.78 is 31.6. The van der Waals surface area contributed by atoms with Gasteiger partial charge in [0.15, 0.2) is 0 Å². The highest BCUT2D eigenvalue weighted by atomic mass is 32.3. The minimum absolute atomic E-state index is 1.16. The van der Waals surface area contributed by atoms with Gasteiger partial charge in [-0.25, -0.2) is 0 Å². The first-order valence-corrected chi connectivity index (χ1v) is 7.20. The van der Waals surface area contributed by atoms with Crippen molar-refractivity contribution in [1.82, 2.24) is 4.90 Å². The lowest BCUT2D eigenvalue weighted by Gasteiger charge is -2.07. The third-order valence-corrected chi connectivity index (χ3v) is 2.11. The van der Waals surface area contributed by atoms with E-state index in [1.54, 1.807) is 0 Å². The van der Waals surface area contributed by atoms with Crippen LogP contribution in [-0.2, 0) is 10.4 Å². The molecule has 110 valence electrons. The third kappa shape index (κ3) is 22.5. The van der Waals surface area contributed by atoms with E-state index >= 15 is 0 Å². The van der Waals surface area contributed by atoms with Crippen molar-refractivity contribution in [3.05, 3.63) is 42.5 Å². The summed E-state index contributed by atoms with van der Waals surface area (Å²) in [6, 6.07) is 10.0. The molecule has 0 aliphatic rings. The van der Waals surface area contributed by atoms with Gasteiger partial charge in [0.05, 0.1) is 0 Å². The number of hydrogen-bond donors (Lipinski definition) is 2. The van der Waals surface area contributed by atoms with Gasteiger partial charge in [-0.2, -0.15) is 8.42 Å². The molecule has 0 aromatic heterocycles. The Morgan fingerprint density at radius 2 is 1.53 bits per heavy atom. The normalized spacial score (nSPS) is 9.79. The van der Waals surface area contributed by atoms with Crippen LogP contribution in [0.1, 0.15) is 19.4 Å². The zero-order valence-corrected chi connectivity index (χ0v) is 12.5. The molecule has 0 fully saturated rings. The van der Waals surface area contributed by atoms with Gasteiger partial charge >= 0.3 is 10.4 Å².